The lowest BCUT2D eigenvalue weighted by molar-refractivity contribution is -0.143. The number of hydrogen-bond donors (Lipinski definition) is 2. The van der Waals surface area contributed by atoms with E-state index >= 15 is 0 Å². The molecule has 0 radical (unpaired) electrons. The Labute approximate surface area is 278 Å². The van der Waals surface area contributed by atoms with Crippen molar-refractivity contribution >= 4 is 23.2 Å². The van der Waals surface area contributed by atoms with E-state index in [-0.39, 0.29) is 35.9 Å². The average molecular weight is 645 g/mol. The number of carbonyl (C=O) groups excluding carboxylic acids is 3. The first-order valence-corrected chi connectivity index (χ1v) is 16.8. The van der Waals surface area contributed by atoms with Crippen LogP contribution in [0.1, 0.15) is 113 Å². The van der Waals surface area contributed by atoms with Crippen molar-refractivity contribution in [1.82, 2.24) is 9.88 Å². The summed E-state index contributed by atoms with van der Waals surface area (Å²) < 4.78 is 20.8. The number of carbonyl (C=O) groups is 3. The smallest absolute Gasteiger partial charge is 0.313 e. The molecular formula is C39H49FN2O5. The molecule has 0 spiro atoms. The van der Waals surface area contributed by atoms with E-state index in [1.165, 1.54) is 19.2 Å². The number of unbranched alkanes of at least 4 members (excludes halogenated alkanes) is 1. The minimum atomic E-state index is -1.01. The van der Waals surface area contributed by atoms with Crippen LogP contribution in [0.5, 0.6) is 0 Å². The summed E-state index contributed by atoms with van der Waals surface area (Å²) in [6, 6.07) is 6.26. The highest BCUT2D eigenvalue weighted by atomic mass is 19.1. The molecule has 47 heavy (non-hydrogen) atoms. The van der Waals surface area contributed by atoms with Crippen molar-refractivity contribution in [1.29, 1.82) is 0 Å². The van der Waals surface area contributed by atoms with Crippen molar-refractivity contribution in [3.8, 4) is 11.3 Å². The fourth-order valence-electron chi connectivity index (χ4n) is 6.50. The number of esters is 1. The molecule has 2 aromatic rings. The molecule has 4 rings (SSSR count). The van der Waals surface area contributed by atoms with E-state index in [1.54, 1.807) is 12.1 Å². The highest BCUT2D eigenvalue weighted by Gasteiger charge is 2.32. The molecule has 7 nitrogen and oxygen atoms in total. The van der Waals surface area contributed by atoms with Crippen LogP contribution in [0.3, 0.4) is 0 Å². The molecule has 0 saturated heterocycles. The molecule has 2 aliphatic rings. The molecule has 0 saturated carbocycles. The van der Waals surface area contributed by atoms with E-state index in [0.29, 0.717) is 12.1 Å². The number of aliphatic hydroxyl groups excluding tert-OH is 1. The van der Waals surface area contributed by atoms with E-state index in [2.05, 4.69) is 46.7 Å². The second-order valence-corrected chi connectivity index (χ2v) is 13.3. The van der Waals surface area contributed by atoms with Gasteiger partial charge in [-0.25, -0.2) is 4.39 Å². The normalized spacial score (nSPS) is 18.1. The van der Waals surface area contributed by atoms with Crippen LogP contribution in [-0.4, -0.2) is 40.5 Å². The molecule has 0 bridgehead atoms. The summed E-state index contributed by atoms with van der Waals surface area (Å²) in [6.07, 6.45) is 16.8. The van der Waals surface area contributed by atoms with Crippen LogP contribution in [0.2, 0.25) is 0 Å². The Morgan fingerprint density at radius 2 is 1.91 bits per heavy atom. The van der Waals surface area contributed by atoms with Gasteiger partial charge in [-0.05, 0) is 84.9 Å². The molecule has 2 N–H and O–H groups in total. The van der Waals surface area contributed by atoms with Gasteiger partial charge in [0, 0.05) is 29.9 Å². The zero-order chi connectivity index (χ0) is 34.1. The number of rotatable bonds is 15. The number of hydrogen-bond acceptors (Lipinski definition) is 5. The number of aromatic nitrogens is 1. The lowest BCUT2D eigenvalue weighted by Gasteiger charge is -2.28. The maximum Gasteiger partial charge on any atom is 0.313 e. The van der Waals surface area contributed by atoms with E-state index in [1.807, 2.05) is 32.1 Å². The number of ether oxygens (including phenoxy) is 1. The zero-order valence-corrected chi connectivity index (χ0v) is 28.4. The third-order valence-electron chi connectivity index (χ3n) is 9.06. The number of amides is 1. The number of ketones is 1. The number of methoxy groups -OCH3 is 1. The quantitative estimate of drug-likeness (QED) is 0.151. The molecule has 2 atom stereocenters. The Bertz CT molecular complexity index is 1580. The van der Waals surface area contributed by atoms with Gasteiger partial charge in [-0.2, -0.15) is 0 Å². The summed E-state index contributed by atoms with van der Waals surface area (Å²) in [7, 11) is 1.22. The van der Waals surface area contributed by atoms with Crippen LogP contribution < -0.4 is 5.32 Å². The minimum absolute atomic E-state index is 0.0654. The van der Waals surface area contributed by atoms with Gasteiger partial charge in [-0.15, -0.1) is 0 Å². The minimum Gasteiger partial charge on any atom is -0.469 e. The first kappa shape index (κ1) is 35.8. The highest BCUT2D eigenvalue weighted by Crippen LogP contribution is 2.42. The summed E-state index contributed by atoms with van der Waals surface area (Å²) in [4.78, 5) is 38.4. The van der Waals surface area contributed by atoms with Gasteiger partial charge in [0.2, 0.25) is 0 Å². The lowest BCUT2D eigenvalue weighted by atomic mass is 9.79. The molecule has 2 unspecified atom stereocenters. The van der Waals surface area contributed by atoms with Gasteiger partial charge in [-0.3, -0.25) is 14.4 Å². The molecule has 252 valence electrons. The number of nitrogens with one attached hydrogen (secondary N) is 1. The van der Waals surface area contributed by atoms with Crippen LogP contribution in [0, 0.1) is 11.2 Å². The summed E-state index contributed by atoms with van der Waals surface area (Å²) in [5, 5.41) is 14.1. The van der Waals surface area contributed by atoms with Crippen molar-refractivity contribution in [2.45, 2.75) is 104 Å². The van der Waals surface area contributed by atoms with Crippen molar-refractivity contribution < 1.29 is 28.6 Å². The second-order valence-electron chi connectivity index (χ2n) is 13.3. The number of allylic oxidation sites excluding steroid dienone is 7. The monoisotopic (exact) mass is 644 g/mol. The molecule has 1 amide bonds. The maximum atomic E-state index is 14.5. The van der Waals surface area contributed by atoms with Crippen LogP contribution in [0.15, 0.2) is 66.4 Å². The lowest BCUT2D eigenvalue weighted by Crippen LogP contribution is -2.27. The van der Waals surface area contributed by atoms with Crippen molar-refractivity contribution in [2.75, 3.05) is 7.11 Å². The Kier molecular flexibility index (Phi) is 12.3. The third-order valence-corrected chi connectivity index (χ3v) is 9.06. The zero-order valence-electron chi connectivity index (χ0n) is 28.4. The molecule has 0 aliphatic heterocycles. The van der Waals surface area contributed by atoms with Crippen molar-refractivity contribution in [3.63, 3.8) is 0 Å². The number of nitrogens with zero attached hydrogens (tertiary/aromatic N) is 1. The Morgan fingerprint density at radius 1 is 1.17 bits per heavy atom. The van der Waals surface area contributed by atoms with Crippen LogP contribution in [0.4, 0.5) is 4.39 Å². The van der Waals surface area contributed by atoms with Crippen LogP contribution in [0.25, 0.3) is 16.8 Å². The highest BCUT2D eigenvalue weighted by molar-refractivity contribution is 6.05. The van der Waals surface area contributed by atoms with Gasteiger partial charge in [0.25, 0.3) is 5.91 Å². The second kappa shape index (κ2) is 16.2. The molecular weight excluding hydrogens is 595 g/mol. The van der Waals surface area contributed by atoms with Gasteiger partial charge in [-0.1, -0.05) is 70.9 Å². The first-order chi connectivity index (χ1) is 22.5. The predicted octanol–water partition coefficient (Wildman–Crippen LogP) is 8.19. The average Bonchev–Trinajstić information content (AvgIpc) is 3.40. The van der Waals surface area contributed by atoms with E-state index in [4.69, 9.17) is 0 Å². The first-order valence-electron chi connectivity index (χ1n) is 16.8. The predicted molar refractivity (Wildman–Crippen MR) is 184 cm³/mol. The van der Waals surface area contributed by atoms with E-state index in [0.717, 1.165) is 72.3 Å². The maximum absolute atomic E-state index is 14.5. The van der Waals surface area contributed by atoms with E-state index < -0.39 is 24.3 Å². The molecule has 2 aliphatic carbocycles. The Balaban J connectivity index is 1.79. The Hall–Kier alpha value is -4.04. The summed E-state index contributed by atoms with van der Waals surface area (Å²) >= 11 is 0. The molecule has 1 aromatic heterocycles. The SMILES string of the molecule is CCCCC1(C)C=CC(NC(=O)c2c(C3=CC=CCC3)c(-c3ccc(F)cc3)n(CCC(O)CC(=O)CC(=O)OC)c2C(C)C)=CC1. The number of benzene rings is 1. The van der Waals surface area contributed by atoms with Gasteiger partial charge in [0.1, 0.15) is 18.0 Å². The largest absolute Gasteiger partial charge is 0.469 e. The van der Waals surface area contributed by atoms with Crippen molar-refractivity contribution in [2.24, 2.45) is 5.41 Å². The fraction of sp³-hybridized carbons (Fsp3) is 0.462. The number of Topliss-reactive ketones (excluding diaryl/α,β-unsaturated/α-hetero) is 1. The molecule has 8 heteroatoms. The molecule has 0 fully saturated rings. The van der Waals surface area contributed by atoms with Gasteiger partial charge < -0.3 is 19.7 Å². The van der Waals surface area contributed by atoms with Crippen LogP contribution >= 0.6 is 0 Å². The summed E-state index contributed by atoms with van der Waals surface area (Å²) in [6.45, 7) is 8.81. The molecule has 1 heterocycles. The van der Waals surface area contributed by atoms with Gasteiger partial charge in [0.15, 0.2) is 0 Å². The van der Waals surface area contributed by atoms with E-state index in [9.17, 15) is 23.9 Å². The summed E-state index contributed by atoms with van der Waals surface area (Å²) in [5.74, 6) is -1.72. The van der Waals surface area contributed by atoms with Crippen molar-refractivity contribution in [3.05, 3.63) is 89.1 Å². The topological polar surface area (TPSA) is 97.6 Å². The fourth-order valence-corrected chi connectivity index (χ4v) is 6.50. The standard InChI is InChI=1S/C39H49FN2O5/c1-6-7-20-39(4)21-17-30(18-22-39)41-38(46)35-34(27-11-9-8-10-12-27)37(28-13-15-29(40)16-14-28)42(36(35)26(2)3)23-19-31(43)24-32(44)25-33(45)47-5/h8-9,11,13-18,21,26,31,43H,6-7,10,12,19-20,22-25H2,1-5H3,(H,41,46). The number of aliphatic hydroxyl groups is 1. The van der Waals surface area contributed by atoms with Crippen LogP contribution in [-0.2, 0) is 20.9 Å². The number of halogens is 1. The van der Waals surface area contributed by atoms with Gasteiger partial charge in [0.05, 0.1) is 24.5 Å². The summed E-state index contributed by atoms with van der Waals surface area (Å²) in [5.41, 5.74) is 5.51. The molecule has 1 aromatic carbocycles. The Morgan fingerprint density at radius 3 is 2.51 bits per heavy atom. The third kappa shape index (κ3) is 9.07. The van der Waals surface area contributed by atoms with Gasteiger partial charge >= 0.3 is 5.97 Å².